The van der Waals surface area contributed by atoms with Gasteiger partial charge in [0.2, 0.25) is 0 Å². The number of rotatable bonds is 5. The second-order valence-corrected chi connectivity index (χ2v) is 7.86. The molecule has 16 heavy (non-hydrogen) atoms. The summed E-state index contributed by atoms with van der Waals surface area (Å²) in [5.74, 6) is 0.680. The van der Waals surface area contributed by atoms with E-state index in [0.29, 0.717) is 11.5 Å². The van der Waals surface area contributed by atoms with Crippen molar-refractivity contribution in [3.63, 3.8) is 0 Å². The van der Waals surface area contributed by atoms with Crippen molar-refractivity contribution in [3.8, 4) is 0 Å². The van der Waals surface area contributed by atoms with Gasteiger partial charge in [0.15, 0.2) is 9.84 Å². The van der Waals surface area contributed by atoms with Gasteiger partial charge in [0.25, 0.3) is 0 Å². The zero-order valence-electron chi connectivity index (χ0n) is 10.6. The lowest BCUT2D eigenvalue weighted by Gasteiger charge is -2.25. The fourth-order valence-corrected chi connectivity index (χ4v) is 3.89. The summed E-state index contributed by atoms with van der Waals surface area (Å²) in [5, 5.41) is 0. The van der Waals surface area contributed by atoms with Gasteiger partial charge in [0, 0.05) is 11.6 Å². The van der Waals surface area contributed by atoms with Gasteiger partial charge in [-0.15, -0.1) is 0 Å². The zero-order chi connectivity index (χ0) is 12.4. The van der Waals surface area contributed by atoms with E-state index in [4.69, 9.17) is 5.73 Å². The van der Waals surface area contributed by atoms with Crippen LogP contribution in [0.15, 0.2) is 0 Å². The van der Waals surface area contributed by atoms with Crippen molar-refractivity contribution in [2.75, 3.05) is 25.1 Å². The van der Waals surface area contributed by atoms with Gasteiger partial charge >= 0.3 is 0 Å². The van der Waals surface area contributed by atoms with Gasteiger partial charge < -0.3 is 10.6 Å². The van der Waals surface area contributed by atoms with E-state index in [1.54, 1.807) is 0 Å². The Morgan fingerprint density at radius 2 is 2.06 bits per heavy atom. The standard InChI is InChI=1S/C11H24N2O2S/c1-11(2,12)6-4-7-13(3)10-5-8-16(14,15)9-10/h10H,4-9,12H2,1-3H3. The monoisotopic (exact) mass is 248 g/mol. The van der Waals surface area contributed by atoms with Gasteiger partial charge in [-0.2, -0.15) is 0 Å². The molecule has 1 fully saturated rings. The first-order valence-electron chi connectivity index (χ1n) is 5.89. The second kappa shape index (κ2) is 5.02. The maximum Gasteiger partial charge on any atom is 0.151 e. The molecule has 0 radical (unpaired) electrons. The average Bonchev–Trinajstić information content (AvgIpc) is 2.43. The summed E-state index contributed by atoms with van der Waals surface area (Å²) in [4.78, 5) is 2.16. The molecular formula is C11H24N2O2S. The Bertz CT molecular complexity index is 319. The van der Waals surface area contributed by atoms with Gasteiger partial charge in [-0.3, -0.25) is 0 Å². The Balaban J connectivity index is 2.29. The van der Waals surface area contributed by atoms with E-state index in [2.05, 4.69) is 4.90 Å². The van der Waals surface area contributed by atoms with Crippen LogP contribution in [0.4, 0.5) is 0 Å². The first-order valence-corrected chi connectivity index (χ1v) is 7.71. The highest BCUT2D eigenvalue weighted by molar-refractivity contribution is 7.91. The third-order valence-electron chi connectivity index (χ3n) is 3.16. The summed E-state index contributed by atoms with van der Waals surface area (Å²) in [6, 6.07) is 0.214. The van der Waals surface area contributed by atoms with Crippen molar-refractivity contribution < 1.29 is 8.42 Å². The molecule has 0 aromatic heterocycles. The summed E-state index contributed by atoms with van der Waals surface area (Å²) >= 11 is 0. The van der Waals surface area contributed by atoms with Crippen molar-refractivity contribution in [2.24, 2.45) is 5.73 Å². The lowest BCUT2D eigenvalue weighted by molar-refractivity contribution is 0.249. The molecule has 1 atom stereocenters. The largest absolute Gasteiger partial charge is 0.326 e. The van der Waals surface area contributed by atoms with Gasteiger partial charge in [0.1, 0.15) is 0 Å². The topological polar surface area (TPSA) is 63.4 Å². The first-order chi connectivity index (χ1) is 7.20. The Labute approximate surface area is 99.1 Å². The lowest BCUT2D eigenvalue weighted by Crippen LogP contribution is -2.36. The van der Waals surface area contributed by atoms with E-state index >= 15 is 0 Å². The molecule has 0 aromatic carbocycles. The summed E-state index contributed by atoms with van der Waals surface area (Å²) < 4.78 is 22.7. The molecule has 1 rings (SSSR count). The first kappa shape index (κ1) is 13.9. The molecule has 2 N–H and O–H groups in total. The van der Waals surface area contributed by atoms with Gasteiger partial charge in [0.05, 0.1) is 11.5 Å². The number of hydrogen-bond acceptors (Lipinski definition) is 4. The highest BCUT2D eigenvalue weighted by Gasteiger charge is 2.30. The fourth-order valence-electron chi connectivity index (χ4n) is 2.09. The van der Waals surface area contributed by atoms with E-state index in [9.17, 15) is 8.42 Å². The third kappa shape index (κ3) is 4.80. The minimum absolute atomic E-state index is 0.122. The smallest absolute Gasteiger partial charge is 0.151 e. The van der Waals surface area contributed by atoms with Crippen LogP contribution in [-0.4, -0.2) is 50.0 Å². The van der Waals surface area contributed by atoms with Gasteiger partial charge in [-0.05, 0) is 46.7 Å². The van der Waals surface area contributed by atoms with Crippen LogP contribution in [0.25, 0.3) is 0 Å². The summed E-state index contributed by atoms with van der Waals surface area (Å²) in [6.07, 6.45) is 2.78. The predicted molar refractivity (Wildman–Crippen MR) is 67.2 cm³/mol. The van der Waals surface area contributed by atoms with Crippen LogP contribution < -0.4 is 5.73 Å². The molecule has 0 bridgehead atoms. The van der Waals surface area contributed by atoms with Gasteiger partial charge in [-0.1, -0.05) is 0 Å². The lowest BCUT2D eigenvalue weighted by atomic mass is 10.00. The van der Waals surface area contributed by atoms with Crippen molar-refractivity contribution in [2.45, 2.75) is 44.7 Å². The van der Waals surface area contributed by atoms with Gasteiger partial charge in [-0.25, -0.2) is 8.42 Å². The predicted octanol–water partition coefficient (Wildman–Crippen LogP) is 0.623. The zero-order valence-corrected chi connectivity index (χ0v) is 11.4. The molecule has 1 heterocycles. The number of nitrogens with zero attached hydrogens (tertiary/aromatic N) is 1. The van der Waals surface area contributed by atoms with Crippen LogP contribution in [0.3, 0.4) is 0 Å². The van der Waals surface area contributed by atoms with E-state index in [-0.39, 0.29) is 11.6 Å². The van der Waals surface area contributed by atoms with Crippen LogP contribution in [0.2, 0.25) is 0 Å². The molecule has 4 nitrogen and oxygen atoms in total. The summed E-state index contributed by atoms with van der Waals surface area (Å²) in [5.41, 5.74) is 5.78. The van der Waals surface area contributed by atoms with Crippen LogP contribution in [-0.2, 0) is 9.84 Å². The Morgan fingerprint density at radius 3 is 2.50 bits per heavy atom. The molecule has 1 saturated heterocycles. The van der Waals surface area contributed by atoms with Crippen molar-refractivity contribution in [1.82, 2.24) is 4.90 Å². The van der Waals surface area contributed by atoms with Crippen LogP contribution in [0.5, 0.6) is 0 Å². The average molecular weight is 248 g/mol. The number of nitrogens with two attached hydrogens (primary N) is 1. The molecule has 96 valence electrons. The Hall–Kier alpha value is -0.130. The van der Waals surface area contributed by atoms with E-state index in [1.807, 2.05) is 20.9 Å². The maximum absolute atomic E-state index is 11.3. The van der Waals surface area contributed by atoms with Crippen LogP contribution >= 0.6 is 0 Å². The van der Waals surface area contributed by atoms with Crippen molar-refractivity contribution in [3.05, 3.63) is 0 Å². The minimum Gasteiger partial charge on any atom is -0.326 e. The molecule has 1 aliphatic heterocycles. The molecule has 0 aliphatic carbocycles. The molecule has 0 spiro atoms. The van der Waals surface area contributed by atoms with E-state index < -0.39 is 9.84 Å². The van der Waals surface area contributed by atoms with Crippen molar-refractivity contribution >= 4 is 9.84 Å². The maximum atomic E-state index is 11.3. The van der Waals surface area contributed by atoms with Crippen LogP contribution in [0.1, 0.15) is 33.1 Å². The van der Waals surface area contributed by atoms with Crippen LogP contribution in [0, 0.1) is 0 Å². The summed E-state index contributed by atoms with van der Waals surface area (Å²) in [6.45, 7) is 4.97. The highest BCUT2D eigenvalue weighted by atomic mass is 32.2. The van der Waals surface area contributed by atoms with E-state index in [0.717, 1.165) is 25.8 Å². The molecule has 5 heteroatoms. The minimum atomic E-state index is -2.76. The summed E-state index contributed by atoms with van der Waals surface area (Å²) in [7, 11) is -0.751. The second-order valence-electron chi connectivity index (χ2n) is 5.63. The number of hydrogen-bond donors (Lipinski definition) is 1. The SMILES string of the molecule is CN(CCCC(C)(C)N)C1CCS(=O)(=O)C1. The fraction of sp³-hybridized carbons (Fsp3) is 1.00. The Morgan fingerprint density at radius 1 is 1.44 bits per heavy atom. The highest BCUT2D eigenvalue weighted by Crippen LogP contribution is 2.17. The third-order valence-corrected chi connectivity index (χ3v) is 4.91. The Kier molecular flexibility index (Phi) is 4.37. The molecular weight excluding hydrogens is 224 g/mol. The number of sulfone groups is 1. The molecule has 0 saturated carbocycles. The quantitative estimate of drug-likeness (QED) is 0.775. The van der Waals surface area contributed by atoms with E-state index in [1.165, 1.54) is 0 Å². The molecule has 0 amide bonds. The molecule has 0 aromatic rings. The van der Waals surface area contributed by atoms with Crippen molar-refractivity contribution in [1.29, 1.82) is 0 Å². The normalized spacial score (nSPS) is 25.2. The molecule has 1 aliphatic rings. The molecule has 1 unspecified atom stereocenters.